The second kappa shape index (κ2) is 5.75. The molecule has 1 heterocycles. The van der Waals surface area contributed by atoms with Crippen LogP contribution in [0.4, 0.5) is 15.8 Å². The van der Waals surface area contributed by atoms with Crippen LogP contribution in [0.3, 0.4) is 0 Å². The summed E-state index contributed by atoms with van der Waals surface area (Å²) in [6.07, 6.45) is 2.37. The van der Waals surface area contributed by atoms with Gasteiger partial charge in [-0.05, 0) is 18.6 Å². The molecule has 1 aromatic carbocycles. The molecule has 0 saturated heterocycles. The summed E-state index contributed by atoms with van der Waals surface area (Å²) in [5, 5.41) is 16.6. The average molecular weight is 281 g/mol. The van der Waals surface area contributed by atoms with E-state index in [1.54, 1.807) is 6.20 Å². The predicted octanol–water partition coefficient (Wildman–Crippen LogP) is 3.75. The molecule has 2 aromatic rings. The molecule has 0 aliphatic carbocycles. The van der Waals surface area contributed by atoms with Gasteiger partial charge in [-0.3, -0.25) is 10.1 Å². The Morgan fingerprint density at radius 3 is 2.95 bits per heavy atom. The molecule has 0 aliphatic rings. The van der Waals surface area contributed by atoms with Crippen molar-refractivity contribution in [3.05, 3.63) is 50.7 Å². The molecule has 2 rings (SSSR count). The van der Waals surface area contributed by atoms with Crippen LogP contribution in [0.2, 0.25) is 0 Å². The van der Waals surface area contributed by atoms with Gasteiger partial charge in [-0.2, -0.15) is 4.39 Å². The third kappa shape index (κ3) is 2.87. The molecule has 1 N–H and O–H groups in total. The maximum absolute atomic E-state index is 13.5. The molecule has 0 radical (unpaired) electrons. The fraction of sp³-hybridized carbons (Fsp3) is 0.250. The van der Waals surface area contributed by atoms with E-state index in [-0.39, 0.29) is 11.7 Å². The molecule has 0 amide bonds. The Morgan fingerprint density at radius 2 is 2.37 bits per heavy atom. The molecule has 7 heteroatoms. The van der Waals surface area contributed by atoms with Gasteiger partial charge in [-0.1, -0.05) is 13.0 Å². The largest absolute Gasteiger partial charge is 0.370 e. The summed E-state index contributed by atoms with van der Waals surface area (Å²) in [5.74, 6) is -0.844. The third-order valence-electron chi connectivity index (χ3n) is 2.66. The van der Waals surface area contributed by atoms with Gasteiger partial charge in [0.1, 0.15) is 10.7 Å². The number of nitrogens with zero attached hydrogens (tertiary/aromatic N) is 2. The molecular weight excluding hydrogens is 269 g/mol. The lowest BCUT2D eigenvalue weighted by atomic mass is 10.2. The molecule has 0 fully saturated rings. The standard InChI is InChI=1S/C12H12FN3O2S/c1-2-9(12-14-6-7-19-12)15-10-5-3-4-8(13)11(10)16(17)18/h3-7,9,15H,2H2,1H3. The van der Waals surface area contributed by atoms with Gasteiger partial charge < -0.3 is 5.32 Å². The molecule has 5 nitrogen and oxygen atoms in total. The van der Waals surface area contributed by atoms with Crippen LogP contribution < -0.4 is 5.32 Å². The summed E-state index contributed by atoms with van der Waals surface area (Å²) in [6, 6.07) is 3.85. The van der Waals surface area contributed by atoms with E-state index in [0.29, 0.717) is 6.42 Å². The van der Waals surface area contributed by atoms with Crippen molar-refractivity contribution in [2.24, 2.45) is 0 Å². The van der Waals surface area contributed by atoms with Crippen molar-refractivity contribution >= 4 is 22.7 Å². The number of benzene rings is 1. The highest BCUT2D eigenvalue weighted by atomic mass is 32.1. The number of nitro benzene ring substituents is 1. The smallest absolute Gasteiger partial charge is 0.327 e. The van der Waals surface area contributed by atoms with Crippen LogP contribution in [-0.4, -0.2) is 9.91 Å². The molecule has 1 unspecified atom stereocenters. The maximum Gasteiger partial charge on any atom is 0.327 e. The van der Waals surface area contributed by atoms with E-state index in [0.717, 1.165) is 11.1 Å². The van der Waals surface area contributed by atoms with Gasteiger partial charge in [-0.15, -0.1) is 11.3 Å². The number of para-hydroxylation sites is 1. The Bertz CT molecular complexity index is 574. The number of nitrogens with one attached hydrogen (secondary N) is 1. The zero-order chi connectivity index (χ0) is 13.8. The van der Waals surface area contributed by atoms with E-state index in [1.807, 2.05) is 12.3 Å². The normalized spacial score (nSPS) is 12.1. The van der Waals surface area contributed by atoms with Crippen LogP contribution >= 0.6 is 11.3 Å². The number of aromatic nitrogens is 1. The Balaban J connectivity index is 2.32. The van der Waals surface area contributed by atoms with Gasteiger partial charge in [0.05, 0.1) is 11.0 Å². The van der Waals surface area contributed by atoms with Crippen LogP contribution in [0.25, 0.3) is 0 Å². The monoisotopic (exact) mass is 281 g/mol. The molecule has 1 aromatic heterocycles. The molecule has 19 heavy (non-hydrogen) atoms. The minimum atomic E-state index is -0.844. The highest BCUT2D eigenvalue weighted by Gasteiger charge is 2.22. The molecule has 0 aliphatic heterocycles. The van der Waals surface area contributed by atoms with E-state index in [2.05, 4.69) is 10.3 Å². The number of anilines is 1. The van der Waals surface area contributed by atoms with Crippen LogP contribution in [0, 0.1) is 15.9 Å². The fourth-order valence-electron chi connectivity index (χ4n) is 1.75. The molecule has 0 spiro atoms. The Kier molecular flexibility index (Phi) is 4.06. The highest BCUT2D eigenvalue weighted by Crippen LogP contribution is 2.32. The molecule has 1 atom stereocenters. The van der Waals surface area contributed by atoms with Crippen LogP contribution in [0.1, 0.15) is 24.4 Å². The van der Waals surface area contributed by atoms with Crippen molar-refractivity contribution in [2.45, 2.75) is 19.4 Å². The van der Waals surface area contributed by atoms with E-state index in [9.17, 15) is 14.5 Å². The minimum absolute atomic E-state index is 0.166. The minimum Gasteiger partial charge on any atom is -0.370 e. The summed E-state index contributed by atoms with van der Waals surface area (Å²) in [4.78, 5) is 14.4. The van der Waals surface area contributed by atoms with Crippen molar-refractivity contribution in [2.75, 3.05) is 5.32 Å². The van der Waals surface area contributed by atoms with Crippen molar-refractivity contribution in [1.29, 1.82) is 0 Å². The van der Waals surface area contributed by atoms with Gasteiger partial charge in [0, 0.05) is 11.6 Å². The predicted molar refractivity (Wildman–Crippen MR) is 71.8 cm³/mol. The number of rotatable bonds is 5. The van der Waals surface area contributed by atoms with Crippen LogP contribution in [0.15, 0.2) is 29.8 Å². The van der Waals surface area contributed by atoms with Gasteiger partial charge >= 0.3 is 5.69 Å². The van der Waals surface area contributed by atoms with Crippen LogP contribution in [0.5, 0.6) is 0 Å². The second-order valence-corrected chi connectivity index (χ2v) is 4.79. The Labute approximate surface area is 113 Å². The summed E-state index contributed by atoms with van der Waals surface area (Å²) in [5.41, 5.74) is -0.357. The summed E-state index contributed by atoms with van der Waals surface area (Å²) >= 11 is 1.46. The number of thiazole rings is 1. The first-order valence-corrected chi connectivity index (χ1v) is 6.60. The SMILES string of the molecule is CCC(Nc1cccc(F)c1[N+](=O)[O-])c1nccs1. The third-order valence-corrected chi connectivity index (χ3v) is 3.55. The summed E-state index contributed by atoms with van der Waals surface area (Å²) in [7, 11) is 0. The molecule has 0 bridgehead atoms. The summed E-state index contributed by atoms with van der Waals surface area (Å²) in [6.45, 7) is 1.93. The molecule has 100 valence electrons. The maximum atomic E-state index is 13.5. The number of nitro groups is 1. The number of halogens is 1. The molecular formula is C12H12FN3O2S. The number of hydrogen-bond donors (Lipinski definition) is 1. The van der Waals surface area contributed by atoms with E-state index in [4.69, 9.17) is 0 Å². The van der Waals surface area contributed by atoms with E-state index in [1.165, 1.54) is 23.5 Å². The van der Waals surface area contributed by atoms with Crippen molar-refractivity contribution in [3.63, 3.8) is 0 Å². The van der Waals surface area contributed by atoms with Gasteiger partial charge in [-0.25, -0.2) is 4.98 Å². The first kappa shape index (κ1) is 13.4. The quantitative estimate of drug-likeness (QED) is 0.669. The summed E-state index contributed by atoms with van der Waals surface area (Å²) < 4.78 is 13.5. The highest BCUT2D eigenvalue weighted by molar-refractivity contribution is 7.09. The lowest BCUT2D eigenvalue weighted by Crippen LogP contribution is -2.11. The number of hydrogen-bond acceptors (Lipinski definition) is 5. The Morgan fingerprint density at radius 1 is 1.58 bits per heavy atom. The van der Waals surface area contributed by atoms with Gasteiger partial charge in [0.2, 0.25) is 5.82 Å². The zero-order valence-electron chi connectivity index (χ0n) is 10.2. The first-order valence-electron chi connectivity index (χ1n) is 5.72. The van der Waals surface area contributed by atoms with Crippen LogP contribution in [-0.2, 0) is 0 Å². The lowest BCUT2D eigenvalue weighted by Gasteiger charge is -2.15. The van der Waals surface area contributed by atoms with Crippen molar-refractivity contribution < 1.29 is 9.31 Å². The van der Waals surface area contributed by atoms with Gasteiger partial charge in [0.15, 0.2) is 0 Å². The zero-order valence-corrected chi connectivity index (χ0v) is 11.0. The van der Waals surface area contributed by atoms with E-state index < -0.39 is 16.4 Å². The van der Waals surface area contributed by atoms with E-state index >= 15 is 0 Å². The average Bonchev–Trinajstić information content (AvgIpc) is 2.89. The Hall–Kier alpha value is -2.02. The van der Waals surface area contributed by atoms with Gasteiger partial charge in [0.25, 0.3) is 0 Å². The fourth-order valence-corrected chi connectivity index (χ4v) is 2.52. The first-order chi connectivity index (χ1) is 9.13. The van der Waals surface area contributed by atoms with Crippen molar-refractivity contribution in [1.82, 2.24) is 4.98 Å². The second-order valence-electron chi connectivity index (χ2n) is 3.87. The molecule has 0 saturated carbocycles. The topological polar surface area (TPSA) is 68.1 Å². The van der Waals surface area contributed by atoms with Crippen molar-refractivity contribution in [3.8, 4) is 0 Å². The lowest BCUT2D eigenvalue weighted by molar-refractivity contribution is -0.386.